The summed E-state index contributed by atoms with van der Waals surface area (Å²) in [6, 6.07) is 0. The third-order valence-electron chi connectivity index (χ3n) is 3.15. The van der Waals surface area contributed by atoms with E-state index in [1.54, 1.807) is 0 Å². The lowest BCUT2D eigenvalue weighted by molar-refractivity contribution is -0.200. The largest absolute Gasteiger partial charge is 0.389 e. The average molecular weight is 238 g/mol. The van der Waals surface area contributed by atoms with E-state index in [9.17, 15) is 5.11 Å². The van der Waals surface area contributed by atoms with Crippen molar-refractivity contribution in [1.82, 2.24) is 0 Å². The van der Waals surface area contributed by atoms with Gasteiger partial charge < -0.3 is 14.6 Å². The molecule has 1 aliphatic rings. The molecule has 4 atom stereocenters. The molecule has 0 aliphatic carbocycles. The van der Waals surface area contributed by atoms with Crippen molar-refractivity contribution >= 4 is 0 Å². The summed E-state index contributed by atoms with van der Waals surface area (Å²) in [7, 11) is 0. The number of aliphatic hydroxyl groups is 1. The first-order valence-corrected chi connectivity index (χ1v) is 6.20. The third kappa shape index (κ3) is 4.51. The molecule has 0 aromatic carbocycles. The highest BCUT2D eigenvalue weighted by Crippen LogP contribution is 2.22. The highest BCUT2D eigenvalue weighted by molar-refractivity contribution is 4.94. The molecule has 0 saturated carbocycles. The van der Waals surface area contributed by atoms with Gasteiger partial charge in [-0.1, -0.05) is 13.0 Å². The Balaban J connectivity index is 2.52. The predicted octanol–water partition coefficient (Wildman–Crippen LogP) is 2.10. The molecular formula is C14H22O3. The quantitative estimate of drug-likeness (QED) is 0.569. The van der Waals surface area contributed by atoms with Gasteiger partial charge in [0, 0.05) is 18.9 Å². The van der Waals surface area contributed by atoms with Crippen LogP contribution in [0.25, 0.3) is 0 Å². The monoisotopic (exact) mass is 238 g/mol. The second-order valence-corrected chi connectivity index (χ2v) is 4.46. The Bertz CT molecular complexity index is 263. The molecular weight excluding hydrogens is 216 g/mol. The Morgan fingerprint density at radius 1 is 1.65 bits per heavy atom. The van der Waals surface area contributed by atoms with E-state index < -0.39 is 6.10 Å². The molecule has 0 aromatic rings. The van der Waals surface area contributed by atoms with Crippen molar-refractivity contribution < 1.29 is 14.6 Å². The summed E-state index contributed by atoms with van der Waals surface area (Å²) in [5, 5.41) is 9.75. The number of hydrogen-bond acceptors (Lipinski definition) is 3. The minimum atomic E-state index is -0.600. The van der Waals surface area contributed by atoms with Crippen LogP contribution in [0.1, 0.15) is 32.6 Å². The number of terminal acetylenes is 1. The Labute approximate surface area is 104 Å². The molecule has 1 N–H and O–H groups in total. The first-order valence-electron chi connectivity index (χ1n) is 6.20. The predicted molar refractivity (Wildman–Crippen MR) is 67.3 cm³/mol. The molecule has 0 spiro atoms. The van der Waals surface area contributed by atoms with Gasteiger partial charge in [0.05, 0.1) is 12.2 Å². The zero-order valence-electron chi connectivity index (χ0n) is 10.5. The van der Waals surface area contributed by atoms with E-state index in [4.69, 9.17) is 15.9 Å². The smallest absolute Gasteiger partial charge is 0.158 e. The summed E-state index contributed by atoms with van der Waals surface area (Å²) >= 11 is 0. The van der Waals surface area contributed by atoms with E-state index in [-0.39, 0.29) is 18.3 Å². The van der Waals surface area contributed by atoms with Crippen molar-refractivity contribution in [3.63, 3.8) is 0 Å². The SMILES string of the molecule is C#CC[C@H](OC1CCCCO1)[C@@H](C)C(O)C=C. The molecule has 1 saturated heterocycles. The highest BCUT2D eigenvalue weighted by Gasteiger charge is 2.26. The maximum Gasteiger partial charge on any atom is 0.158 e. The minimum absolute atomic E-state index is 0.0749. The van der Waals surface area contributed by atoms with E-state index in [1.165, 1.54) is 6.08 Å². The van der Waals surface area contributed by atoms with Gasteiger partial charge in [0.25, 0.3) is 0 Å². The van der Waals surface area contributed by atoms with Crippen LogP contribution in [0.15, 0.2) is 12.7 Å². The zero-order chi connectivity index (χ0) is 12.7. The molecule has 0 bridgehead atoms. The van der Waals surface area contributed by atoms with Crippen LogP contribution in [-0.4, -0.2) is 30.2 Å². The zero-order valence-corrected chi connectivity index (χ0v) is 10.5. The number of rotatable bonds is 6. The van der Waals surface area contributed by atoms with Gasteiger partial charge in [0.2, 0.25) is 0 Å². The summed E-state index contributed by atoms with van der Waals surface area (Å²) in [6.07, 6.45) is 9.47. The Hall–Kier alpha value is -0.820. The van der Waals surface area contributed by atoms with Crippen molar-refractivity contribution in [2.45, 2.75) is 51.1 Å². The summed E-state index contributed by atoms with van der Waals surface area (Å²) in [6.45, 7) is 6.24. The number of ether oxygens (including phenoxy) is 2. The molecule has 0 aromatic heterocycles. The van der Waals surface area contributed by atoms with Crippen molar-refractivity contribution in [3.8, 4) is 12.3 Å². The normalized spacial score (nSPS) is 25.6. The van der Waals surface area contributed by atoms with Crippen molar-refractivity contribution in [2.75, 3.05) is 6.61 Å². The van der Waals surface area contributed by atoms with Gasteiger partial charge in [-0.25, -0.2) is 0 Å². The summed E-state index contributed by atoms with van der Waals surface area (Å²) < 4.78 is 11.4. The molecule has 1 fully saturated rings. The van der Waals surface area contributed by atoms with Gasteiger partial charge >= 0.3 is 0 Å². The lowest BCUT2D eigenvalue weighted by Gasteiger charge is -2.31. The molecule has 3 nitrogen and oxygen atoms in total. The second-order valence-electron chi connectivity index (χ2n) is 4.46. The minimum Gasteiger partial charge on any atom is -0.389 e. The van der Waals surface area contributed by atoms with E-state index in [2.05, 4.69) is 12.5 Å². The summed E-state index contributed by atoms with van der Waals surface area (Å²) in [4.78, 5) is 0. The van der Waals surface area contributed by atoms with Gasteiger partial charge in [-0.05, 0) is 19.3 Å². The Kier molecular flexibility index (Phi) is 6.28. The van der Waals surface area contributed by atoms with Crippen LogP contribution >= 0.6 is 0 Å². The third-order valence-corrected chi connectivity index (χ3v) is 3.15. The fourth-order valence-corrected chi connectivity index (χ4v) is 1.92. The molecule has 0 amide bonds. The molecule has 17 heavy (non-hydrogen) atoms. The first kappa shape index (κ1) is 14.2. The van der Waals surface area contributed by atoms with Gasteiger partial charge in [0.1, 0.15) is 0 Å². The lowest BCUT2D eigenvalue weighted by atomic mass is 9.95. The van der Waals surface area contributed by atoms with Gasteiger partial charge in [-0.2, -0.15) is 0 Å². The van der Waals surface area contributed by atoms with E-state index in [0.29, 0.717) is 6.42 Å². The molecule has 1 heterocycles. The summed E-state index contributed by atoms with van der Waals surface area (Å²) in [5.74, 6) is 2.52. The summed E-state index contributed by atoms with van der Waals surface area (Å²) in [5.41, 5.74) is 0. The number of aliphatic hydroxyl groups excluding tert-OH is 1. The van der Waals surface area contributed by atoms with Crippen LogP contribution in [0.3, 0.4) is 0 Å². The van der Waals surface area contributed by atoms with Crippen LogP contribution in [0, 0.1) is 18.3 Å². The molecule has 1 rings (SSSR count). The number of hydrogen-bond donors (Lipinski definition) is 1. The lowest BCUT2D eigenvalue weighted by Crippen LogP contribution is -2.35. The van der Waals surface area contributed by atoms with Gasteiger partial charge in [-0.3, -0.25) is 0 Å². The van der Waals surface area contributed by atoms with Crippen molar-refractivity contribution in [2.24, 2.45) is 5.92 Å². The maximum atomic E-state index is 9.75. The topological polar surface area (TPSA) is 38.7 Å². The van der Waals surface area contributed by atoms with Crippen LogP contribution in [0.4, 0.5) is 0 Å². The molecule has 96 valence electrons. The second kappa shape index (κ2) is 7.50. The van der Waals surface area contributed by atoms with E-state index in [1.807, 2.05) is 6.92 Å². The highest BCUT2D eigenvalue weighted by atomic mass is 16.7. The fraction of sp³-hybridized carbons (Fsp3) is 0.714. The Morgan fingerprint density at radius 2 is 2.41 bits per heavy atom. The van der Waals surface area contributed by atoms with Crippen LogP contribution in [0.2, 0.25) is 0 Å². The first-order chi connectivity index (χ1) is 8.19. The molecule has 0 radical (unpaired) electrons. The molecule has 3 heteroatoms. The van der Waals surface area contributed by atoms with Crippen molar-refractivity contribution in [3.05, 3.63) is 12.7 Å². The van der Waals surface area contributed by atoms with Crippen LogP contribution in [-0.2, 0) is 9.47 Å². The van der Waals surface area contributed by atoms with Gasteiger partial charge in [-0.15, -0.1) is 18.9 Å². The molecule has 2 unspecified atom stereocenters. The van der Waals surface area contributed by atoms with Crippen LogP contribution in [0.5, 0.6) is 0 Å². The maximum absolute atomic E-state index is 9.75. The van der Waals surface area contributed by atoms with Crippen molar-refractivity contribution in [1.29, 1.82) is 0 Å². The fourth-order valence-electron chi connectivity index (χ4n) is 1.92. The average Bonchev–Trinajstić information content (AvgIpc) is 2.37. The molecule has 1 aliphatic heterocycles. The van der Waals surface area contributed by atoms with E-state index in [0.717, 1.165) is 25.9 Å². The Morgan fingerprint density at radius 3 is 2.94 bits per heavy atom. The van der Waals surface area contributed by atoms with E-state index >= 15 is 0 Å². The van der Waals surface area contributed by atoms with Crippen LogP contribution < -0.4 is 0 Å². The van der Waals surface area contributed by atoms with Gasteiger partial charge in [0.15, 0.2) is 6.29 Å². The standard InChI is InChI=1S/C14H22O3/c1-4-8-13(11(3)12(15)5-2)17-14-9-6-7-10-16-14/h1,5,11-15H,2,6-10H2,3H3/t11-,12?,13-,14?/m0/s1.